The van der Waals surface area contributed by atoms with E-state index in [4.69, 9.17) is 14.2 Å². The summed E-state index contributed by atoms with van der Waals surface area (Å²) in [6, 6.07) is 9.75. The molecule has 2 aliphatic heterocycles. The molecular formula is C18H16N2O6. The Morgan fingerprint density at radius 2 is 1.73 bits per heavy atom. The minimum absolute atomic E-state index is 0.0526. The molecule has 8 heteroatoms. The molecule has 2 aliphatic rings. The zero-order chi connectivity index (χ0) is 18.1. The molecule has 26 heavy (non-hydrogen) atoms. The van der Waals surface area contributed by atoms with E-state index in [1.54, 1.807) is 0 Å². The predicted octanol–water partition coefficient (Wildman–Crippen LogP) is 2.62. The maximum atomic E-state index is 12.8. The average Bonchev–Trinajstić information content (AvgIpc) is 2.67. The molecule has 0 saturated carbocycles. The number of carbonyl (C=O) groups excluding carboxylic acids is 1. The zero-order valence-corrected chi connectivity index (χ0v) is 13.8. The second-order valence-electron chi connectivity index (χ2n) is 5.97. The van der Waals surface area contributed by atoms with E-state index in [-0.39, 0.29) is 23.0 Å². The summed E-state index contributed by atoms with van der Waals surface area (Å²) in [5, 5.41) is 14.3. The number of nitro groups is 1. The second-order valence-corrected chi connectivity index (χ2v) is 5.97. The molecule has 0 radical (unpaired) electrons. The largest absolute Gasteiger partial charge is 0.493 e. The summed E-state index contributed by atoms with van der Waals surface area (Å²) >= 11 is 0. The van der Waals surface area contributed by atoms with Crippen molar-refractivity contribution in [1.29, 1.82) is 0 Å². The number of nitrogens with one attached hydrogen (secondary N) is 1. The highest BCUT2D eigenvalue weighted by Crippen LogP contribution is 2.37. The molecular weight excluding hydrogens is 340 g/mol. The summed E-state index contributed by atoms with van der Waals surface area (Å²) in [5.74, 6) is 0.784. The molecule has 4 rings (SSSR count). The summed E-state index contributed by atoms with van der Waals surface area (Å²) in [6.45, 7) is 1.11. The minimum Gasteiger partial charge on any atom is -0.493 e. The number of benzene rings is 2. The van der Waals surface area contributed by atoms with E-state index in [1.165, 1.54) is 12.1 Å². The molecule has 0 bridgehead atoms. The van der Waals surface area contributed by atoms with Crippen molar-refractivity contribution in [3.05, 3.63) is 57.6 Å². The van der Waals surface area contributed by atoms with Gasteiger partial charge in [-0.15, -0.1) is 0 Å². The van der Waals surface area contributed by atoms with Gasteiger partial charge in [-0.3, -0.25) is 14.9 Å². The van der Waals surface area contributed by atoms with Crippen molar-refractivity contribution in [3.63, 3.8) is 0 Å². The Morgan fingerprint density at radius 3 is 2.50 bits per heavy atom. The van der Waals surface area contributed by atoms with Crippen LogP contribution in [-0.2, 0) is 0 Å². The number of nitro benzene ring substituents is 1. The van der Waals surface area contributed by atoms with Gasteiger partial charge in [-0.2, -0.15) is 0 Å². The van der Waals surface area contributed by atoms with E-state index < -0.39 is 10.8 Å². The van der Waals surface area contributed by atoms with Gasteiger partial charge in [0.15, 0.2) is 11.5 Å². The number of hydrogen-bond donors (Lipinski definition) is 1. The Kier molecular flexibility index (Phi) is 4.08. The SMILES string of the molecule is O=C(N[C@@H]1CCOc2ccccc21)c1cc2c(cc1[N+](=O)[O-])OCCO2. The van der Waals surface area contributed by atoms with Crippen molar-refractivity contribution >= 4 is 11.6 Å². The van der Waals surface area contributed by atoms with Crippen LogP contribution < -0.4 is 19.5 Å². The third kappa shape index (κ3) is 2.90. The molecule has 0 unspecified atom stereocenters. The lowest BCUT2D eigenvalue weighted by Crippen LogP contribution is -2.32. The van der Waals surface area contributed by atoms with Gasteiger partial charge in [-0.1, -0.05) is 18.2 Å². The number of nitrogens with zero attached hydrogens (tertiary/aromatic N) is 1. The van der Waals surface area contributed by atoms with Crippen LogP contribution in [0.3, 0.4) is 0 Å². The Balaban J connectivity index is 1.65. The number of ether oxygens (including phenoxy) is 3. The van der Waals surface area contributed by atoms with Crippen LogP contribution in [0, 0.1) is 10.1 Å². The molecule has 0 aliphatic carbocycles. The lowest BCUT2D eigenvalue weighted by atomic mass is 10.00. The monoisotopic (exact) mass is 356 g/mol. The van der Waals surface area contributed by atoms with Crippen LogP contribution in [0.15, 0.2) is 36.4 Å². The van der Waals surface area contributed by atoms with Crippen molar-refractivity contribution in [2.45, 2.75) is 12.5 Å². The standard InChI is InChI=1S/C18H16N2O6/c21-18(19-13-5-6-24-15-4-2-1-3-11(13)15)12-9-16-17(26-8-7-25-16)10-14(12)20(22)23/h1-4,9-10,13H,5-8H2,(H,19,21)/t13-/m1/s1. The van der Waals surface area contributed by atoms with Crippen molar-refractivity contribution in [2.75, 3.05) is 19.8 Å². The second kappa shape index (κ2) is 6.55. The average molecular weight is 356 g/mol. The van der Waals surface area contributed by atoms with Crippen molar-refractivity contribution < 1.29 is 23.9 Å². The van der Waals surface area contributed by atoms with E-state index in [2.05, 4.69) is 5.32 Å². The molecule has 1 amide bonds. The van der Waals surface area contributed by atoms with Crippen LogP contribution in [0.1, 0.15) is 28.4 Å². The van der Waals surface area contributed by atoms with Gasteiger partial charge in [0, 0.05) is 18.1 Å². The minimum atomic E-state index is -0.592. The fraction of sp³-hybridized carbons (Fsp3) is 0.278. The summed E-state index contributed by atoms with van der Waals surface area (Å²) in [6.07, 6.45) is 0.584. The molecule has 0 saturated heterocycles. The van der Waals surface area contributed by atoms with Crippen molar-refractivity contribution in [2.24, 2.45) is 0 Å². The fourth-order valence-electron chi connectivity index (χ4n) is 3.14. The first kappa shape index (κ1) is 16.2. The lowest BCUT2D eigenvalue weighted by molar-refractivity contribution is -0.385. The molecule has 2 aromatic rings. The lowest BCUT2D eigenvalue weighted by Gasteiger charge is -2.26. The van der Waals surface area contributed by atoms with Crippen LogP contribution in [0.2, 0.25) is 0 Å². The third-order valence-corrected chi connectivity index (χ3v) is 4.37. The number of fused-ring (bicyclic) bond motifs is 2. The highest BCUT2D eigenvalue weighted by Gasteiger charge is 2.29. The maximum Gasteiger partial charge on any atom is 0.286 e. The van der Waals surface area contributed by atoms with Gasteiger partial charge >= 0.3 is 0 Å². The molecule has 134 valence electrons. The molecule has 2 heterocycles. The van der Waals surface area contributed by atoms with Crippen molar-refractivity contribution in [3.8, 4) is 17.2 Å². The fourth-order valence-corrected chi connectivity index (χ4v) is 3.14. The first-order valence-corrected chi connectivity index (χ1v) is 8.24. The number of para-hydroxylation sites is 1. The number of hydrogen-bond acceptors (Lipinski definition) is 6. The van der Waals surface area contributed by atoms with E-state index in [9.17, 15) is 14.9 Å². The van der Waals surface area contributed by atoms with Crippen LogP contribution in [0.25, 0.3) is 0 Å². The van der Waals surface area contributed by atoms with E-state index in [1.807, 2.05) is 24.3 Å². The molecule has 8 nitrogen and oxygen atoms in total. The van der Waals surface area contributed by atoms with Gasteiger partial charge < -0.3 is 19.5 Å². The van der Waals surface area contributed by atoms with Gasteiger partial charge in [0.1, 0.15) is 24.5 Å². The predicted molar refractivity (Wildman–Crippen MR) is 90.8 cm³/mol. The molecule has 2 aromatic carbocycles. The summed E-state index contributed by atoms with van der Waals surface area (Å²) in [4.78, 5) is 23.6. The first-order valence-electron chi connectivity index (χ1n) is 8.24. The van der Waals surface area contributed by atoms with Crippen LogP contribution in [0.5, 0.6) is 17.2 Å². The molecule has 0 fully saturated rings. The van der Waals surface area contributed by atoms with Gasteiger partial charge in [0.05, 0.1) is 23.6 Å². The molecule has 1 N–H and O–H groups in total. The van der Waals surface area contributed by atoms with E-state index in [0.29, 0.717) is 37.7 Å². The zero-order valence-electron chi connectivity index (χ0n) is 13.8. The Hall–Kier alpha value is -3.29. The summed E-state index contributed by atoms with van der Waals surface area (Å²) in [7, 11) is 0. The Morgan fingerprint density at radius 1 is 1.04 bits per heavy atom. The first-order chi connectivity index (χ1) is 12.6. The van der Waals surface area contributed by atoms with E-state index in [0.717, 1.165) is 5.56 Å². The highest BCUT2D eigenvalue weighted by molar-refractivity contribution is 5.99. The Bertz CT molecular complexity index is 882. The summed E-state index contributed by atoms with van der Waals surface area (Å²) < 4.78 is 16.4. The molecule has 0 spiro atoms. The summed E-state index contributed by atoms with van der Waals surface area (Å²) in [5.41, 5.74) is 0.489. The van der Waals surface area contributed by atoms with Gasteiger partial charge in [-0.05, 0) is 6.07 Å². The number of carbonyl (C=O) groups is 1. The highest BCUT2D eigenvalue weighted by atomic mass is 16.6. The van der Waals surface area contributed by atoms with E-state index >= 15 is 0 Å². The van der Waals surface area contributed by atoms with Crippen LogP contribution in [-0.4, -0.2) is 30.7 Å². The van der Waals surface area contributed by atoms with Gasteiger partial charge in [0.2, 0.25) is 0 Å². The topological polar surface area (TPSA) is 99.9 Å². The van der Waals surface area contributed by atoms with Crippen LogP contribution >= 0.6 is 0 Å². The molecule has 1 atom stereocenters. The number of amides is 1. The van der Waals surface area contributed by atoms with Gasteiger partial charge in [-0.25, -0.2) is 0 Å². The Labute approximate surface area is 148 Å². The smallest absolute Gasteiger partial charge is 0.286 e. The number of rotatable bonds is 3. The van der Waals surface area contributed by atoms with Crippen LogP contribution in [0.4, 0.5) is 5.69 Å². The normalized spacial score (nSPS) is 17.6. The van der Waals surface area contributed by atoms with Gasteiger partial charge in [0.25, 0.3) is 11.6 Å². The third-order valence-electron chi connectivity index (χ3n) is 4.37. The molecule has 0 aromatic heterocycles. The van der Waals surface area contributed by atoms with Crippen molar-refractivity contribution in [1.82, 2.24) is 5.32 Å². The quantitative estimate of drug-likeness (QED) is 0.670. The maximum absolute atomic E-state index is 12.8.